The van der Waals surface area contributed by atoms with Crippen LogP contribution in [-0.4, -0.2) is 32.7 Å². The standard InChI is InChI=1S/C24H22ClFN6/c25-21-16(3-1-5-17(21)26)20-14-29-23(19-6-10-30-32(19)20)31-11-7-24(8-12-31)13-18-15(22(24)27)4-2-9-28-18/h1-6,9-10,14,22H,7-8,11-13,27H2/t22-/m1/s1. The third kappa shape index (κ3) is 2.84. The molecule has 0 bridgehead atoms. The number of hydrogen-bond donors (Lipinski definition) is 1. The monoisotopic (exact) mass is 448 g/mol. The van der Waals surface area contributed by atoms with Gasteiger partial charge in [-0.25, -0.2) is 13.9 Å². The van der Waals surface area contributed by atoms with Gasteiger partial charge in [-0.2, -0.15) is 5.10 Å². The molecule has 2 N–H and O–H groups in total. The Bertz CT molecular complexity index is 1330. The highest BCUT2D eigenvalue weighted by atomic mass is 35.5. The van der Waals surface area contributed by atoms with E-state index in [0.717, 1.165) is 49.4 Å². The maximum Gasteiger partial charge on any atom is 0.154 e. The first kappa shape index (κ1) is 19.6. The molecule has 0 unspecified atom stereocenters. The van der Waals surface area contributed by atoms with Crippen LogP contribution in [-0.2, 0) is 6.42 Å². The lowest BCUT2D eigenvalue weighted by molar-refractivity contribution is 0.187. The lowest BCUT2D eigenvalue weighted by Crippen LogP contribution is -2.44. The van der Waals surface area contributed by atoms with Crippen LogP contribution in [0.3, 0.4) is 0 Å². The molecule has 0 saturated carbocycles. The van der Waals surface area contributed by atoms with Crippen LogP contribution in [0.2, 0.25) is 5.02 Å². The van der Waals surface area contributed by atoms with E-state index in [9.17, 15) is 4.39 Å². The number of nitrogens with zero attached hydrogens (tertiary/aromatic N) is 5. The second-order valence-corrected chi connectivity index (χ2v) is 9.12. The van der Waals surface area contributed by atoms with Crippen LogP contribution < -0.4 is 10.6 Å². The number of rotatable bonds is 2. The number of halogens is 2. The molecule has 1 spiro atoms. The van der Waals surface area contributed by atoms with Crippen molar-refractivity contribution < 1.29 is 4.39 Å². The number of anilines is 1. The molecule has 1 aliphatic heterocycles. The summed E-state index contributed by atoms with van der Waals surface area (Å²) in [5.74, 6) is 0.411. The number of hydrogen-bond acceptors (Lipinski definition) is 5. The number of fused-ring (bicyclic) bond motifs is 2. The van der Waals surface area contributed by atoms with Crippen molar-refractivity contribution >= 4 is 22.9 Å². The van der Waals surface area contributed by atoms with Crippen molar-refractivity contribution in [2.75, 3.05) is 18.0 Å². The van der Waals surface area contributed by atoms with Gasteiger partial charge >= 0.3 is 0 Å². The minimum Gasteiger partial charge on any atom is -0.355 e. The van der Waals surface area contributed by atoms with Crippen molar-refractivity contribution in [3.63, 3.8) is 0 Å². The molecule has 4 aromatic rings. The van der Waals surface area contributed by atoms with Gasteiger partial charge in [0.1, 0.15) is 11.3 Å². The Labute approximate surface area is 189 Å². The zero-order valence-corrected chi connectivity index (χ0v) is 18.1. The van der Waals surface area contributed by atoms with Crippen molar-refractivity contribution in [2.45, 2.75) is 25.3 Å². The van der Waals surface area contributed by atoms with E-state index in [0.29, 0.717) is 11.3 Å². The molecule has 1 aromatic carbocycles. The van der Waals surface area contributed by atoms with E-state index in [4.69, 9.17) is 22.3 Å². The minimum absolute atomic E-state index is 0.0220. The van der Waals surface area contributed by atoms with Crippen molar-refractivity contribution in [2.24, 2.45) is 11.1 Å². The first-order chi connectivity index (χ1) is 15.6. The Morgan fingerprint density at radius 3 is 2.72 bits per heavy atom. The van der Waals surface area contributed by atoms with Gasteiger partial charge in [0.15, 0.2) is 5.82 Å². The molecule has 6 nitrogen and oxygen atoms in total. The molecule has 1 atom stereocenters. The predicted molar refractivity (Wildman–Crippen MR) is 122 cm³/mol. The van der Waals surface area contributed by atoms with Crippen LogP contribution in [0.15, 0.2) is 55.0 Å². The summed E-state index contributed by atoms with van der Waals surface area (Å²) < 4.78 is 15.8. The van der Waals surface area contributed by atoms with Gasteiger partial charge in [0.05, 0.1) is 23.1 Å². The highest BCUT2D eigenvalue weighted by Gasteiger charge is 2.46. The van der Waals surface area contributed by atoms with Gasteiger partial charge in [0.2, 0.25) is 0 Å². The van der Waals surface area contributed by atoms with Gasteiger partial charge < -0.3 is 10.6 Å². The van der Waals surface area contributed by atoms with E-state index in [1.54, 1.807) is 29.0 Å². The molecule has 1 saturated heterocycles. The number of benzene rings is 1. The minimum atomic E-state index is -0.460. The van der Waals surface area contributed by atoms with Gasteiger partial charge in [0.25, 0.3) is 0 Å². The fourth-order valence-electron chi connectivity index (χ4n) is 5.34. The molecule has 3 aromatic heterocycles. The number of piperidine rings is 1. The summed E-state index contributed by atoms with van der Waals surface area (Å²) in [6.45, 7) is 1.71. The summed E-state index contributed by atoms with van der Waals surface area (Å²) in [5, 5.41) is 4.54. The summed E-state index contributed by atoms with van der Waals surface area (Å²) in [6.07, 6.45) is 8.20. The van der Waals surface area contributed by atoms with Crippen LogP contribution in [0.4, 0.5) is 10.2 Å². The Morgan fingerprint density at radius 1 is 1.06 bits per heavy atom. The topological polar surface area (TPSA) is 72.3 Å². The summed E-state index contributed by atoms with van der Waals surface area (Å²) in [7, 11) is 0. The maximum atomic E-state index is 14.0. The molecule has 1 fully saturated rings. The molecular formula is C24H22ClFN6. The van der Waals surface area contributed by atoms with Crippen LogP contribution >= 0.6 is 11.6 Å². The van der Waals surface area contributed by atoms with Crippen LogP contribution in [0, 0.1) is 11.2 Å². The molecule has 0 radical (unpaired) electrons. The summed E-state index contributed by atoms with van der Waals surface area (Å²) in [6, 6.07) is 10.8. The zero-order valence-electron chi connectivity index (χ0n) is 17.4. The zero-order chi connectivity index (χ0) is 21.9. The van der Waals surface area contributed by atoms with Crippen molar-refractivity contribution in [3.8, 4) is 11.3 Å². The van der Waals surface area contributed by atoms with Gasteiger partial charge in [-0.3, -0.25) is 4.98 Å². The highest BCUT2D eigenvalue weighted by Crippen LogP contribution is 2.50. The van der Waals surface area contributed by atoms with E-state index in [1.165, 1.54) is 11.6 Å². The lowest BCUT2D eigenvalue weighted by Gasteiger charge is -2.42. The number of nitrogens with two attached hydrogens (primary N) is 1. The number of aromatic nitrogens is 4. The van der Waals surface area contributed by atoms with Crippen molar-refractivity contribution in [1.29, 1.82) is 0 Å². The van der Waals surface area contributed by atoms with E-state index in [1.807, 2.05) is 18.3 Å². The molecule has 8 heteroatoms. The largest absolute Gasteiger partial charge is 0.355 e. The second kappa shape index (κ2) is 7.25. The average Bonchev–Trinajstić information content (AvgIpc) is 3.40. The van der Waals surface area contributed by atoms with Gasteiger partial charge in [0, 0.05) is 36.6 Å². The van der Waals surface area contributed by atoms with Crippen LogP contribution in [0.1, 0.15) is 30.1 Å². The fraction of sp³-hybridized carbons (Fsp3) is 0.292. The molecule has 4 heterocycles. The van der Waals surface area contributed by atoms with Gasteiger partial charge in [-0.15, -0.1) is 0 Å². The molecule has 6 rings (SSSR count). The average molecular weight is 449 g/mol. The van der Waals surface area contributed by atoms with Gasteiger partial charge in [-0.05, 0) is 48.4 Å². The van der Waals surface area contributed by atoms with Gasteiger partial charge in [-0.1, -0.05) is 29.8 Å². The molecule has 1 aliphatic carbocycles. The fourth-order valence-corrected chi connectivity index (χ4v) is 5.57. The Morgan fingerprint density at radius 2 is 1.91 bits per heavy atom. The Balaban J connectivity index is 1.31. The molecule has 2 aliphatic rings. The third-order valence-corrected chi connectivity index (χ3v) is 7.52. The molecular weight excluding hydrogens is 427 g/mol. The molecule has 0 amide bonds. The van der Waals surface area contributed by atoms with Crippen molar-refractivity contribution in [1.82, 2.24) is 19.6 Å². The summed E-state index contributed by atoms with van der Waals surface area (Å²) in [5.41, 5.74) is 11.2. The third-order valence-electron chi connectivity index (χ3n) is 7.14. The molecule has 162 valence electrons. The number of pyridine rings is 1. The summed E-state index contributed by atoms with van der Waals surface area (Å²) in [4.78, 5) is 11.6. The van der Waals surface area contributed by atoms with E-state index in [-0.39, 0.29) is 16.5 Å². The predicted octanol–water partition coefficient (Wildman–Crippen LogP) is 4.43. The second-order valence-electron chi connectivity index (χ2n) is 8.74. The smallest absolute Gasteiger partial charge is 0.154 e. The normalized spacial score (nSPS) is 19.6. The van der Waals surface area contributed by atoms with E-state index < -0.39 is 5.82 Å². The first-order valence-corrected chi connectivity index (χ1v) is 11.2. The van der Waals surface area contributed by atoms with E-state index in [2.05, 4.69) is 21.0 Å². The maximum absolute atomic E-state index is 14.0. The van der Waals surface area contributed by atoms with Crippen LogP contribution in [0.25, 0.3) is 16.8 Å². The molecule has 32 heavy (non-hydrogen) atoms. The quantitative estimate of drug-likeness (QED) is 0.491. The highest BCUT2D eigenvalue weighted by molar-refractivity contribution is 6.33. The lowest BCUT2D eigenvalue weighted by atomic mass is 9.73. The Kier molecular flexibility index (Phi) is 4.45. The first-order valence-electron chi connectivity index (χ1n) is 10.8. The van der Waals surface area contributed by atoms with Crippen molar-refractivity contribution in [3.05, 3.63) is 77.1 Å². The van der Waals surface area contributed by atoms with E-state index >= 15 is 0 Å². The van der Waals surface area contributed by atoms with Crippen LogP contribution in [0.5, 0.6) is 0 Å². The summed E-state index contributed by atoms with van der Waals surface area (Å²) >= 11 is 6.23. The Hall–Kier alpha value is -3.03. The SMILES string of the molecule is N[C@@H]1c2cccnc2CC12CCN(c1ncc(-c3cccc(F)c3Cl)n3nccc13)CC2.